The molecule has 0 radical (unpaired) electrons. The number of carbonyl (C=O) groups is 1. The number of nitrogens with zero attached hydrogens (tertiary/aromatic N) is 2. The molecule has 2 N–H and O–H groups in total. The first kappa shape index (κ1) is 22.6. The lowest BCUT2D eigenvalue weighted by Gasteiger charge is -2.34. The van der Waals surface area contributed by atoms with Gasteiger partial charge in [-0.3, -0.25) is 15.6 Å². The largest absolute Gasteiger partial charge is 0.273 e. The molecule has 0 saturated carbocycles. The van der Waals surface area contributed by atoms with E-state index in [1.165, 1.54) is 28.6 Å². The number of piperidine rings is 1. The molecular formula is C21H22F2N4O3S2. The summed E-state index contributed by atoms with van der Waals surface area (Å²) in [5, 5.41) is 0.186. The van der Waals surface area contributed by atoms with Crippen LogP contribution >= 0.6 is 11.3 Å². The number of thiazole rings is 1. The van der Waals surface area contributed by atoms with E-state index in [1.54, 1.807) is 0 Å². The van der Waals surface area contributed by atoms with Gasteiger partial charge < -0.3 is 0 Å². The monoisotopic (exact) mass is 480 g/mol. The highest BCUT2D eigenvalue weighted by atomic mass is 32.2. The number of hydrazine groups is 1. The summed E-state index contributed by atoms with van der Waals surface area (Å²) in [6, 6.07) is 7.56. The Kier molecular flexibility index (Phi) is 6.15. The molecule has 1 amide bonds. The van der Waals surface area contributed by atoms with Gasteiger partial charge >= 0.3 is 0 Å². The van der Waals surface area contributed by atoms with E-state index in [1.807, 2.05) is 13.8 Å². The molecule has 1 fully saturated rings. The molecule has 1 aromatic heterocycles. The number of rotatable bonds is 5. The second-order valence-corrected chi connectivity index (χ2v) is 11.1. The predicted molar refractivity (Wildman–Crippen MR) is 119 cm³/mol. The van der Waals surface area contributed by atoms with Crippen LogP contribution in [0.1, 0.15) is 30.6 Å². The summed E-state index contributed by atoms with van der Waals surface area (Å²) < 4.78 is 54.8. The van der Waals surface area contributed by atoms with Gasteiger partial charge in [-0.1, -0.05) is 25.2 Å². The lowest BCUT2D eigenvalue weighted by atomic mass is 9.94. The van der Waals surface area contributed by atoms with E-state index in [2.05, 4.69) is 15.8 Å². The number of aromatic nitrogens is 1. The lowest BCUT2D eigenvalue weighted by molar-refractivity contribution is 0.0962. The van der Waals surface area contributed by atoms with Crippen molar-refractivity contribution in [1.29, 1.82) is 0 Å². The van der Waals surface area contributed by atoms with E-state index in [0.29, 0.717) is 17.8 Å². The van der Waals surface area contributed by atoms with Crippen LogP contribution in [0.25, 0.3) is 10.2 Å². The minimum absolute atomic E-state index is 0.00376. The van der Waals surface area contributed by atoms with E-state index in [4.69, 9.17) is 0 Å². The Morgan fingerprint density at radius 1 is 1.12 bits per heavy atom. The van der Waals surface area contributed by atoms with Crippen LogP contribution < -0.4 is 10.9 Å². The minimum atomic E-state index is -3.64. The molecule has 1 saturated heterocycles. The smallest absolute Gasteiger partial charge is 0.269 e. The van der Waals surface area contributed by atoms with Crippen molar-refractivity contribution in [2.24, 2.45) is 11.8 Å². The zero-order valence-electron chi connectivity index (χ0n) is 17.4. The summed E-state index contributed by atoms with van der Waals surface area (Å²) in [6.45, 7) is 5.03. The molecular weight excluding hydrogens is 458 g/mol. The second-order valence-electron chi connectivity index (χ2n) is 8.12. The van der Waals surface area contributed by atoms with Gasteiger partial charge in [0.2, 0.25) is 15.2 Å². The topological polar surface area (TPSA) is 91.4 Å². The Labute approximate surface area is 188 Å². The van der Waals surface area contributed by atoms with E-state index in [-0.39, 0.29) is 32.9 Å². The van der Waals surface area contributed by atoms with Crippen LogP contribution in [0.5, 0.6) is 0 Å². The Balaban J connectivity index is 1.44. The number of hydrogen-bond acceptors (Lipinski definition) is 6. The maximum absolute atomic E-state index is 13.8. The van der Waals surface area contributed by atoms with Crippen molar-refractivity contribution < 1.29 is 22.0 Å². The molecule has 4 rings (SSSR count). The van der Waals surface area contributed by atoms with Crippen LogP contribution in [-0.4, -0.2) is 36.7 Å². The number of sulfonamides is 1. The van der Waals surface area contributed by atoms with Crippen LogP contribution in [0, 0.1) is 23.5 Å². The van der Waals surface area contributed by atoms with E-state index < -0.39 is 27.6 Å². The summed E-state index contributed by atoms with van der Waals surface area (Å²) in [5.74, 6) is -1.45. The third-order valence-electron chi connectivity index (χ3n) is 5.29. The van der Waals surface area contributed by atoms with Crippen molar-refractivity contribution in [3.63, 3.8) is 0 Å². The fourth-order valence-corrected chi connectivity index (χ4v) is 6.46. The maximum Gasteiger partial charge on any atom is 0.269 e. The highest BCUT2D eigenvalue weighted by molar-refractivity contribution is 7.89. The van der Waals surface area contributed by atoms with Gasteiger partial charge in [0.15, 0.2) is 5.82 Å². The molecule has 7 nitrogen and oxygen atoms in total. The zero-order chi connectivity index (χ0) is 23.0. The first-order chi connectivity index (χ1) is 15.1. The Hall–Kier alpha value is -2.63. The standard InChI is InChI=1S/C21H22F2N4O3S2/c1-12-7-13(2)11-27(10-12)32(29,30)16-5-3-14(4-6-16)20(28)25-26-21-24-19-17(23)8-15(22)9-18(19)31-21/h3-6,8-9,12-13H,7,10-11H2,1-2H3,(H,24,26)(H,25,28)/t12-,13-/m0/s1. The summed E-state index contributed by atoms with van der Waals surface area (Å²) in [7, 11) is -3.64. The Morgan fingerprint density at radius 3 is 2.44 bits per heavy atom. The molecule has 0 aliphatic carbocycles. The van der Waals surface area contributed by atoms with Gasteiger partial charge in [-0.15, -0.1) is 0 Å². The van der Waals surface area contributed by atoms with Gasteiger partial charge in [0.25, 0.3) is 5.91 Å². The highest BCUT2D eigenvalue weighted by Crippen LogP contribution is 2.29. The number of carbonyl (C=O) groups excluding carboxylic acids is 1. The summed E-state index contributed by atoms with van der Waals surface area (Å²) in [5.41, 5.74) is 5.24. The molecule has 2 aromatic carbocycles. The fraction of sp³-hybridized carbons (Fsp3) is 0.333. The highest BCUT2D eigenvalue weighted by Gasteiger charge is 2.31. The number of halogens is 2. The average molecular weight is 481 g/mol. The van der Waals surface area contributed by atoms with Crippen LogP contribution in [0.2, 0.25) is 0 Å². The van der Waals surface area contributed by atoms with Crippen LogP contribution in [0.15, 0.2) is 41.3 Å². The van der Waals surface area contributed by atoms with Crippen molar-refractivity contribution in [3.8, 4) is 0 Å². The molecule has 1 aliphatic heterocycles. The van der Waals surface area contributed by atoms with Crippen molar-refractivity contribution in [2.45, 2.75) is 25.2 Å². The van der Waals surface area contributed by atoms with E-state index >= 15 is 0 Å². The third kappa shape index (κ3) is 4.59. The maximum atomic E-state index is 13.8. The second kappa shape index (κ2) is 8.72. The third-order valence-corrected chi connectivity index (χ3v) is 8.05. The average Bonchev–Trinajstić information content (AvgIpc) is 3.14. The van der Waals surface area contributed by atoms with Crippen molar-refractivity contribution in [1.82, 2.24) is 14.7 Å². The van der Waals surface area contributed by atoms with Gasteiger partial charge in [-0.2, -0.15) is 4.31 Å². The number of nitrogens with one attached hydrogen (secondary N) is 2. The zero-order valence-corrected chi connectivity index (χ0v) is 19.1. The number of anilines is 1. The summed E-state index contributed by atoms with van der Waals surface area (Å²) in [4.78, 5) is 16.5. The number of fused-ring (bicyclic) bond motifs is 1. The van der Waals surface area contributed by atoms with Crippen LogP contribution in [0.3, 0.4) is 0 Å². The molecule has 0 unspecified atom stereocenters. The first-order valence-electron chi connectivity index (χ1n) is 10.1. The Morgan fingerprint density at radius 2 is 1.78 bits per heavy atom. The van der Waals surface area contributed by atoms with E-state index in [9.17, 15) is 22.0 Å². The number of hydrogen-bond donors (Lipinski definition) is 2. The van der Waals surface area contributed by atoms with Gasteiger partial charge in [0.1, 0.15) is 11.3 Å². The van der Waals surface area contributed by atoms with Gasteiger partial charge in [-0.25, -0.2) is 22.2 Å². The van der Waals surface area contributed by atoms with E-state index in [0.717, 1.165) is 29.9 Å². The Bertz CT molecular complexity index is 1250. The van der Waals surface area contributed by atoms with Crippen LogP contribution in [0.4, 0.5) is 13.9 Å². The molecule has 2 heterocycles. The van der Waals surface area contributed by atoms with Crippen molar-refractivity contribution >= 4 is 42.6 Å². The van der Waals surface area contributed by atoms with Crippen molar-refractivity contribution in [2.75, 3.05) is 18.5 Å². The molecule has 3 aromatic rings. The molecule has 2 atom stereocenters. The van der Waals surface area contributed by atoms with Gasteiger partial charge in [0.05, 0.1) is 9.60 Å². The fourth-order valence-electron chi connectivity index (χ4n) is 3.92. The summed E-state index contributed by atoms with van der Waals surface area (Å²) in [6.07, 6.45) is 0.994. The first-order valence-corrected chi connectivity index (χ1v) is 12.3. The SMILES string of the molecule is C[C@H]1C[C@H](C)CN(S(=O)(=O)c2ccc(C(=O)NNc3nc4c(F)cc(F)cc4s3)cc2)C1. The van der Waals surface area contributed by atoms with Crippen LogP contribution in [-0.2, 0) is 10.0 Å². The molecule has 0 spiro atoms. The quantitative estimate of drug-likeness (QED) is 0.539. The van der Waals surface area contributed by atoms with Crippen molar-refractivity contribution in [3.05, 3.63) is 53.6 Å². The number of amides is 1. The molecule has 170 valence electrons. The normalized spacial score (nSPS) is 19.8. The molecule has 11 heteroatoms. The van der Waals surface area contributed by atoms with Gasteiger partial charge in [0, 0.05) is 24.7 Å². The molecule has 32 heavy (non-hydrogen) atoms. The van der Waals surface area contributed by atoms with Gasteiger partial charge in [-0.05, 0) is 48.6 Å². The molecule has 0 bridgehead atoms. The minimum Gasteiger partial charge on any atom is -0.273 e. The lowest BCUT2D eigenvalue weighted by Crippen LogP contribution is -2.42. The summed E-state index contributed by atoms with van der Waals surface area (Å²) >= 11 is 0.983. The number of benzene rings is 2. The predicted octanol–water partition coefficient (Wildman–Crippen LogP) is 4.00. The molecule has 1 aliphatic rings.